The van der Waals surface area contributed by atoms with Gasteiger partial charge in [0.25, 0.3) is 0 Å². The molecular weight excluding hydrogens is 373 g/mol. The van der Waals surface area contributed by atoms with Gasteiger partial charge in [0.2, 0.25) is 11.8 Å². The van der Waals surface area contributed by atoms with Crippen molar-refractivity contribution < 1.29 is 9.59 Å². The number of benzene rings is 1. The average molecular weight is 393 g/mol. The van der Waals surface area contributed by atoms with Gasteiger partial charge >= 0.3 is 0 Å². The molecule has 1 aromatic carbocycles. The highest BCUT2D eigenvalue weighted by Crippen LogP contribution is 2.34. The highest BCUT2D eigenvalue weighted by molar-refractivity contribution is 6.36. The molecule has 3 rings (SSSR count). The molecule has 24 heavy (non-hydrogen) atoms. The first kappa shape index (κ1) is 19.3. The minimum absolute atomic E-state index is 0. The first-order valence-electron chi connectivity index (χ1n) is 7.76. The summed E-state index contributed by atoms with van der Waals surface area (Å²) in [4.78, 5) is 28.7. The van der Waals surface area contributed by atoms with Gasteiger partial charge in [-0.15, -0.1) is 12.4 Å². The van der Waals surface area contributed by atoms with Gasteiger partial charge in [-0.25, -0.2) is 0 Å². The third kappa shape index (κ3) is 3.80. The van der Waals surface area contributed by atoms with E-state index in [-0.39, 0.29) is 30.3 Å². The second-order valence-electron chi connectivity index (χ2n) is 6.07. The van der Waals surface area contributed by atoms with Crippen LogP contribution in [-0.2, 0) is 9.59 Å². The smallest absolute Gasteiger partial charge is 0.239 e. The number of piperazine rings is 1. The number of amides is 2. The fraction of sp³-hybridized carbons (Fsp3) is 0.500. The quantitative estimate of drug-likeness (QED) is 0.787. The molecule has 2 aliphatic heterocycles. The van der Waals surface area contributed by atoms with Crippen molar-refractivity contribution in [3.05, 3.63) is 28.2 Å². The first-order valence-corrected chi connectivity index (χ1v) is 8.51. The molecule has 0 aliphatic carbocycles. The largest absolute Gasteiger partial charge is 0.339 e. The number of carbonyl (C=O) groups excluding carboxylic acids is 2. The lowest BCUT2D eigenvalue weighted by Crippen LogP contribution is -2.53. The lowest BCUT2D eigenvalue weighted by molar-refractivity contribution is -0.140. The summed E-state index contributed by atoms with van der Waals surface area (Å²) in [5, 5.41) is 4.28. The van der Waals surface area contributed by atoms with E-state index in [4.69, 9.17) is 23.2 Å². The number of hydrogen-bond acceptors (Lipinski definition) is 3. The molecule has 8 heteroatoms. The summed E-state index contributed by atoms with van der Waals surface area (Å²) < 4.78 is 0. The highest BCUT2D eigenvalue weighted by Gasteiger charge is 2.40. The third-order valence-electron chi connectivity index (χ3n) is 4.38. The Labute approximate surface area is 157 Å². The van der Waals surface area contributed by atoms with E-state index in [1.807, 2.05) is 6.92 Å². The Bertz CT molecular complexity index is 641. The topological polar surface area (TPSA) is 52.7 Å². The van der Waals surface area contributed by atoms with Gasteiger partial charge in [-0.1, -0.05) is 23.2 Å². The van der Waals surface area contributed by atoms with Crippen molar-refractivity contribution in [1.29, 1.82) is 0 Å². The van der Waals surface area contributed by atoms with Crippen molar-refractivity contribution in [3.8, 4) is 0 Å². The summed E-state index contributed by atoms with van der Waals surface area (Å²) in [7, 11) is 0. The van der Waals surface area contributed by atoms with Crippen LogP contribution in [0.3, 0.4) is 0 Å². The van der Waals surface area contributed by atoms with Crippen LogP contribution in [0.4, 0.5) is 5.69 Å². The molecule has 1 aromatic rings. The number of rotatable bonds is 2. The maximum Gasteiger partial charge on any atom is 0.239 e. The molecular formula is C16H20Cl3N3O2. The first-order chi connectivity index (χ1) is 11.0. The van der Waals surface area contributed by atoms with Crippen LogP contribution in [0.15, 0.2) is 18.2 Å². The average Bonchev–Trinajstić information content (AvgIpc) is 2.90. The minimum Gasteiger partial charge on any atom is -0.339 e. The van der Waals surface area contributed by atoms with Crippen molar-refractivity contribution in [2.75, 3.05) is 31.1 Å². The molecule has 2 unspecified atom stereocenters. The van der Waals surface area contributed by atoms with Crippen LogP contribution in [0.25, 0.3) is 0 Å². The van der Waals surface area contributed by atoms with Gasteiger partial charge in [-0.3, -0.25) is 9.59 Å². The molecule has 0 spiro atoms. The van der Waals surface area contributed by atoms with Gasteiger partial charge in [-0.05, 0) is 31.5 Å². The summed E-state index contributed by atoms with van der Waals surface area (Å²) in [6.07, 6.45) is 0.513. The summed E-state index contributed by atoms with van der Waals surface area (Å²) in [5.74, 6) is -0.885. The van der Waals surface area contributed by atoms with E-state index >= 15 is 0 Å². The van der Waals surface area contributed by atoms with Crippen LogP contribution in [0.1, 0.15) is 13.3 Å². The molecule has 2 heterocycles. The predicted molar refractivity (Wildman–Crippen MR) is 98.2 cm³/mol. The summed E-state index contributed by atoms with van der Waals surface area (Å²) in [5.41, 5.74) is 0.577. The van der Waals surface area contributed by atoms with Crippen molar-refractivity contribution in [3.63, 3.8) is 0 Å². The van der Waals surface area contributed by atoms with E-state index in [0.29, 0.717) is 41.8 Å². The Morgan fingerprint density at radius 2 is 2.04 bits per heavy atom. The van der Waals surface area contributed by atoms with Gasteiger partial charge in [-0.2, -0.15) is 0 Å². The molecule has 2 aliphatic rings. The minimum atomic E-state index is -0.615. The molecule has 2 atom stereocenters. The molecule has 0 radical (unpaired) electrons. The van der Waals surface area contributed by atoms with Crippen LogP contribution >= 0.6 is 35.6 Å². The molecule has 0 bridgehead atoms. The van der Waals surface area contributed by atoms with Crippen molar-refractivity contribution >= 4 is 53.1 Å². The molecule has 132 valence electrons. The van der Waals surface area contributed by atoms with Gasteiger partial charge < -0.3 is 15.1 Å². The third-order valence-corrected chi connectivity index (χ3v) is 4.94. The van der Waals surface area contributed by atoms with E-state index in [9.17, 15) is 9.59 Å². The van der Waals surface area contributed by atoms with E-state index in [2.05, 4.69) is 5.32 Å². The second-order valence-corrected chi connectivity index (χ2v) is 6.91. The predicted octanol–water partition coefficient (Wildman–Crippen LogP) is 2.59. The van der Waals surface area contributed by atoms with Gasteiger partial charge in [0.05, 0.1) is 10.7 Å². The summed E-state index contributed by atoms with van der Waals surface area (Å²) >= 11 is 12.2. The molecule has 0 aromatic heterocycles. The van der Waals surface area contributed by atoms with Crippen LogP contribution in [0.2, 0.25) is 10.0 Å². The Balaban J connectivity index is 0.00000208. The fourth-order valence-electron chi connectivity index (χ4n) is 3.19. The number of hydrogen-bond donors (Lipinski definition) is 1. The molecule has 5 nitrogen and oxygen atoms in total. The SMILES string of the molecule is CC1CN(C(=O)C2CCN(c3cc(Cl)ccc3Cl)C2=O)CCN1.Cl. The van der Waals surface area contributed by atoms with E-state index < -0.39 is 5.92 Å². The van der Waals surface area contributed by atoms with Crippen LogP contribution in [0.5, 0.6) is 0 Å². The summed E-state index contributed by atoms with van der Waals surface area (Å²) in [6.45, 7) is 4.56. The number of anilines is 1. The Kier molecular flexibility index (Phi) is 6.37. The zero-order valence-corrected chi connectivity index (χ0v) is 15.6. The molecule has 2 fully saturated rings. The van der Waals surface area contributed by atoms with E-state index in [0.717, 1.165) is 6.54 Å². The molecule has 1 N–H and O–H groups in total. The summed E-state index contributed by atoms with van der Waals surface area (Å²) in [6, 6.07) is 5.27. The Hall–Kier alpha value is -1.01. The number of carbonyl (C=O) groups is 2. The standard InChI is InChI=1S/C16H19Cl2N3O2.ClH/c1-10-9-20(7-5-19-10)15(22)12-4-6-21(16(12)23)14-8-11(17)2-3-13(14)18;/h2-3,8,10,12,19H,4-7,9H2,1H3;1H. The number of nitrogens with one attached hydrogen (secondary N) is 1. The van der Waals surface area contributed by atoms with Crippen molar-refractivity contribution in [2.45, 2.75) is 19.4 Å². The number of nitrogens with zero attached hydrogens (tertiary/aromatic N) is 2. The molecule has 0 saturated carbocycles. The Morgan fingerprint density at radius 3 is 2.75 bits per heavy atom. The normalized spacial score (nSPS) is 24.0. The maximum atomic E-state index is 12.7. The van der Waals surface area contributed by atoms with Crippen LogP contribution in [-0.4, -0.2) is 48.9 Å². The lowest BCUT2D eigenvalue weighted by atomic mass is 10.1. The second kappa shape index (κ2) is 7.91. The zero-order valence-electron chi connectivity index (χ0n) is 13.3. The monoisotopic (exact) mass is 391 g/mol. The lowest BCUT2D eigenvalue weighted by Gasteiger charge is -2.33. The Morgan fingerprint density at radius 1 is 1.29 bits per heavy atom. The van der Waals surface area contributed by atoms with Gasteiger partial charge in [0.15, 0.2) is 0 Å². The van der Waals surface area contributed by atoms with E-state index in [1.54, 1.807) is 28.0 Å². The van der Waals surface area contributed by atoms with Crippen molar-refractivity contribution in [1.82, 2.24) is 10.2 Å². The van der Waals surface area contributed by atoms with Crippen molar-refractivity contribution in [2.24, 2.45) is 5.92 Å². The maximum absolute atomic E-state index is 12.7. The number of halogens is 3. The van der Waals surface area contributed by atoms with Crippen LogP contribution in [0, 0.1) is 5.92 Å². The van der Waals surface area contributed by atoms with Gasteiger partial charge in [0.1, 0.15) is 5.92 Å². The van der Waals surface area contributed by atoms with Crippen LogP contribution < -0.4 is 10.2 Å². The highest BCUT2D eigenvalue weighted by atomic mass is 35.5. The molecule has 2 saturated heterocycles. The zero-order chi connectivity index (χ0) is 16.6. The molecule has 2 amide bonds. The van der Waals surface area contributed by atoms with Gasteiger partial charge in [0, 0.05) is 37.2 Å². The van der Waals surface area contributed by atoms with E-state index in [1.165, 1.54) is 0 Å². The fourth-order valence-corrected chi connectivity index (χ4v) is 3.58.